The fourth-order valence-electron chi connectivity index (χ4n) is 1.45. The molecule has 2 aromatic rings. The number of hydrogen-bond donors (Lipinski definition) is 0. The van der Waals surface area contributed by atoms with Crippen molar-refractivity contribution in [2.24, 2.45) is 0 Å². The summed E-state index contributed by atoms with van der Waals surface area (Å²) in [5.74, 6) is 0. The Balaban J connectivity index is 2.21. The van der Waals surface area contributed by atoms with Gasteiger partial charge >= 0.3 is 0 Å². The molecule has 0 radical (unpaired) electrons. The fourth-order valence-corrected chi connectivity index (χ4v) is 1.45. The Morgan fingerprint density at radius 2 is 1.94 bits per heavy atom. The second kappa shape index (κ2) is 4.15. The van der Waals surface area contributed by atoms with Gasteiger partial charge in [-0.1, -0.05) is 29.5 Å². The van der Waals surface area contributed by atoms with Gasteiger partial charge in [-0.2, -0.15) is 0 Å². The van der Waals surface area contributed by atoms with Crippen molar-refractivity contribution in [3.8, 4) is 0 Å². The van der Waals surface area contributed by atoms with E-state index in [0.717, 1.165) is 17.0 Å². The lowest BCUT2D eigenvalue weighted by Gasteiger charge is -2.03. The molecule has 0 aliphatic heterocycles. The van der Waals surface area contributed by atoms with Gasteiger partial charge in [-0.25, -0.2) is 9.53 Å². The van der Waals surface area contributed by atoms with Gasteiger partial charge in [-0.05, 0) is 19.4 Å². The normalized spacial score (nSPS) is 10.1. The molecule has 0 saturated heterocycles. The predicted octanol–water partition coefficient (Wildman–Crippen LogP) is 2.49. The molecule has 1 heterocycles. The molecule has 0 atom stereocenters. The standard InChI is InChI=1S/C12H12N4/c1-9-10(2)16(15-14-9)8-11-4-6-12(13-3)7-5-11/h4-7H,8H2,1-2H3. The number of nitrogens with zero attached hydrogens (tertiary/aromatic N) is 4. The second-order valence-electron chi connectivity index (χ2n) is 3.70. The Kier molecular flexibility index (Phi) is 2.69. The zero-order valence-corrected chi connectivity index (χ0v) is 9.31. The Morgan fingerprint density at radius 1 is 1.25 bits per heavy atom. The van der Waals surface area contributed by atoms with E-state index in [-0.39, 0.29) is 0 Å². The van der Waals surface area contributed by atoms with E-state index < -0.39 is 0 Å². The van der Waals surface area contributed by atoms with Crippen molar-refractivity contribution in [1.82, 2.24) is 15.0 Å². The molecule has 1 aromatic heterocycles. The van der Waals surface area contributed by atoms with Crippen LogP contribution in [0.4, 0.5) is 5.69 Å². The molecule has 0 spiro atoms. The monoisotopic (exact) mass is 212 g/mol. The van der Waals surface area contributed by atoms with Crippen LogP contribution in [0.25, 0.3) is 4.85 Å². The van der Waals surface area contributed by atoms with Crippen molar-refractivity contribution >= 4 is 5.69 Å². The summed E-state index contributed by atoms with van der Waals surface area (Å²) in [5, 5.41) is 8.07. The van der Waals surface area contributed by atoms with E-state index in [4.69, 9.17) is 6.57 Å². The minimum absolute atomic E-state index is 0.662. The van der Waals surface area contributed by atoms with Gasteiger partial charge in [0.15, 0.2) is 5.69 Å². The first kappa shape index (κ1) is 10.4. The topological polar surface area (TPSA) is 35.1 Å². The van der Waals surface area contributed by atoms with Crippen molar-refractivity contribution < 1.29 is 0 Å². The third-order valence-corrected chi connectivity index (χ3v) is 2.61. The summed E-state index contributed by atoms with van der Waals surface area (Å²) in [6.45, 7) is 11.5. The Morgan fingerprint density at radius 3 is 2.44 bits per heavy atom. The highest BCUT2D eigenvalue weighted by Gasteiger charge is 2.04. The van der Waals surface area contributed by atoms with Gasteiger partial charge in [0.25, 0.3) is 0 Å². The summed E-state index contributed by atoms with van der Waals surface area (Å²) in [4.78, 5) is 3.36. The number of aromatic nitrogens is 3. The summed E-state index contributed by atoms with van der Waals surface area (Å²) < 4.78 is 1.86. The van der Waals surface area contributed by atoms with Crippen molar-refractivity contribution in [1.29, 1.82) is 0 Å². The number of aryl methyl sites for hydroxylation is 1. The van der Waals surface area contributed by atoms with Crippen LogP contribution in [-0.4, -0.2) is 15.0 Å². The molecule has 2 rings (SSSR count). The zero-order chi connectivity index (χ0) is 11.5. The lowest BCUT2D eigenvalue weighted by Crippen LogP contribution is -2.03. The number of hydrogen-bond acceptors (Lipinski definition) is 2. The molecule has 80 valence electrons. The zero-order valence-electron chi connectivity index (χ0n) is 9.31. The van der Waals surface area contributed by atoms with Crippen LogP contribution in [-0.2, 0) is 6.54 Å². The molecule has 0 unspecified atom stereocenters. The molecule has 0 saturated carbocycles. The maximum Gasteiger partial charge on any atom is 0.187 e. The van der Waals surface area contributed by atoms with Gasteiger partial charge in [0.05, 0.1) is 24.5 Å². The van der Waals surface area contributed by atoms with E-state index in [1.54, 1.807) is 0 Å². The molecule has 0 aliphatic carbocycles. The maximum atomic E-state index is 6.87. The van der Waals surface area contributed by atoms with Crippen molar-refractivity contribution in [3.05, 3.63) is 52.6 Å². The molecule has 4 heteroatoms. The molecular formula is C12H12N4. The van der Waals surface area contributed by atoms with Crippen LogP contribution in [0, 0.1) is 20.4 Å². The molecule has 4 nitrogen and oxygen atoms in total. The molecule has 16 heavy (non-hydrogen) atoms. The van der Waals surface area contributed by atoms with Crippen LogP contribution < -0.4 is 0 Å². The van der Waals surface area contributed by atoms with E-state index in [1.807, 2.05) is 42.8 Å². The molecule has 1 aromatic carbocycles. The molecule has 0 aliphatic rings. The predicted molar refractivity (Wildman–Crippen MR) is 61.3 cm³/mol. The fraction of sp³-hybridized carbons (Fsp3) is 0.250. The molecular weight excluding hydrogens is 200 g/mol. The van der Waals surface area contributed by atoms with E-state index >= 15 is 0 Å². The highest BCUT2D eigenvalue weighted by Crippen LogP contribution is 2.14. The largest absolute Gasteiger partial charge is 0.245 e. The summed E-state index contributed by atoms with van der Waals surface area (Å²) >= 11 is 0. The first-order valence-electron chi connectivity index (χ1n) is 5.04. The lowest BCUT2D eigenvalue weighted by atomic mass is 10.2. The van der Waals surface area contributed by atoms with Crippen LogP contribution in [0.2, 0.25) is 0 Å². The van der Waals surface area contributed by atoms with Gasteiger partial charge in [-0.3, -0.25) is 0 Å². The summed E-state index contributed by atoms with van der Waals surface area (Å²) in [7, 11) is 0. The Bertz CT molecular complexity index is 531. The molecule has 0 fully saturated rings. The van der Waals surface area contributed by atoms with E-state index in [9.17, 15) is 0 Å². The van der Waals surface area contributed by atoms with Crippen molar-refractivity contribution in [3.63, 3.8) is 0 Å². The first-order valence-corrected chi connectivity index (χ1v) is 5.04. The van der Waals surface area contributed by atoms with Crippen molar-refractivity contribution in [2.45, 2.75) is 20.4 Å². The lowest BCUT2D eigenvalue weighted by molar-refractivity contribution is 0.633. The van der Waals surface area contributed by atoms with Crippen molar-refractivity contribution in [2.75, 3.05) is 0 Å². The van der Waals surface area contributed by atoms with Gasteiger partial charge in [-0.15, -0.1) is 5.10 Å². The molecule has 0 amide bonds. The van der Waals surface area contributed by atoms with Gasteiger partial charge in [0.2, 0.25) is 0 Å². The third-order valence-electron chi connectivity index (χ3n) is 2.61. The van der Waals surface area contributed by atoms with Crippen LogP contribution in [0.3, 0.4) is 0 Å². The second-order valence-corrected chi connectivity index (χ2v) is 3.70. The molecule has 0 bridgehead atoms. The Labute approximate surface area is 94.3 Å². The van der Waals surface area contributed by atoms with E-state index in [1.165, 1.54) is 0 Å². The Hall–Kier alpha value is -2.15. The summed E-state index contributed by atoms with van der Waals surface area (Å²) in [6, 6.07) is 7.54. The summed E-state index contributed by atoms with van der Waals surface area (Å²) in [5.41, 5.74) is 3.82. The minimum Gasteiger partial charge on any atom is -0.245 e. The average Bonchev–Trinajstić information content (AvgIpc) is 2.62. The van der Waals surface area contributed by atoms with Gasteiger partial charge < -0.3 is 0 Å². The third kappa shape index (κ3) is 1.94. The SMILES string of the molecule is [C-]#[N+]c1ccc(Cn2nnc(C)c2C)cc1. The number of benzene rings is 1. The van der Waals surface area contributed by atoms with E-state index in [2.05, 4.69) is 15.2 Å². The van der Waals surface area contributed by atoms with Crippen LogP contribution >= 0.6 is 0 Å². The number of rotatable bonds is 2. The minimum atomic E-state index is 0.662. The molecule has 0 N–H and O–H groups in total. The summed E-state index contributed by atoms with van der Waals surface area (Å²) in [6.07, 6.45) is 0. The highest BCUT2D eigenvalue weighted by atomic mass is 15.4. The van der Waals surface area contributed by atoms with Crippen LogP contribution in [0.1, 0.15) is 17.0 Å². The average molecular weight is 212 g/mol. The van der Waals surface area contributed by atoms with Crippen LogP contribution in [0.5, 0.6) is 0 Å². The quantitative estimate of drug-likeness (QED) is 0.717. The highest BCUT2D eigenvalue weighted by molar-refractivity contribution is 5.45. The van der Waals surface area contributed by atoms with Gasteiger partial charge in [0, 0.05) is 0 Å². The van der Waals surface area contributed by atoms with Gasteiger partial charge in [0.1, 0.15) is 0 Å². The van der Waals surface area contributed by atoms with E-state index in [0.29, 0.717) is 12.2 Å². The smallest absolute Gasteiger partial charge is 0.187 e. The maximum absolute atomic E-state index is 6.87. The van der Waals surface area contributed by atoms with Crippen LogP contribution in [0.15, 0.2) is 24.3 Å². The first-order chi connectivity index (χ1) is 7.70.